The zero-order valence-corrected chi connectivity index (χ0v) is 69.8. The number of alkyl halides is 3. The summed E-state index contributed by atoms with van der Waals surface area (Å²) in [6.45, 7) is 24.8. The van der Waals surface area contributed by atoms with Crippen LogP contribution in [0.2, 0.25) is 5.02 Å². The second-order valence-electron chi connectivity index (χ2n) is 34.1. The molecule has 5 fully saturated rings. The number of allylic oxidation sites excluding steroid dienone is 1. The number of thioether (sulfide) groups is 1. The van der Waals surface area contributed by atoms with E-state index in [9.17, 15) is 54.3 Å². The molecule has 20 nitrogen and oxygen atoms in total. The fourth-order valence-electron chi connectivity index (χ4n) is 18.1. The molecule has 0 bridgehead atoms. The van der Waals surface area contributed by atoms with Crippen molar-refractivity contribution in [3.63, 3.8) is 0 Å². The molecule has 4 saturated heterocycles. The number of rotatable bonds is 26. The van der Waals surface area contributed by atoms with E-state index in [2.05, 4.69) is 76.3 Å². The van der Waals surface area contributed by atoms with Crippen LogP contribution in [0.25, 0.3) is 16.0 Å². The Morgan fingerprint density at radius 2 is 1.40 bits per heavy atom. The number of aliphatic hydroxyl groups excluding tert-OH is 1. The minimum atomic E-state index is -6.15. The van der Waals surface area contributed by atoms with E-state index in [1.54, 1.807) is 23.5 Å². The van der Waals surface area contributed by atoms with Crippen molar-refractivity contribution in [2.45, 2.75) is 188 Å². The van der Waals surface area contributed by atoms with Gasteiger partial charge in [0.1, 0.15) is 4.90 Å². The second-order valence-corrected chi connectivity index (χ2v) is 40.0. The Balaban J connectivity index is 0.573. The van der Waals surface area contributed by atoms with Crippen LogP contribution in [0.5, 0.6) is 0 Å². The number of carbonyl (C=O) groups is 4. The SMILES string of the molecule is Cc1ncsc1-c1ccc([C@H](C)NC(=O)[C@@H]2C[C@@H](O)CC2C(=O)[C@@H](NC(=O)CN2CCC(N3CCC(N4CCN(CC[C@H](CSc5ccccc5)Nc5ccc(S(=O)(=O)NC(=O)c6ccc7c(c6)CCC6CN(CC8=C(c9ccc(Cl)cc9)CCC(C)(C)C8)CCN76)cc5S(=O)(=O)C(F)(F)F)CC4)CC3)CC2)C(C)(C)C)cc1. The number of benzene rings is 5. The van der Waals surface area contributed by atoms with E-state index in [4.69, 9.17) is 11.6 Å². The molecule has 3 amide bonds. The van der Waals surface area contributed by atoms with Gasteiger partial charge in [0.25, 0.3) is 25.8 Å². The molecule has 5 aliphatic heterocycles. The maximum atomic E-state index is 14.8. The number of piperazine rings is 2. The first kappa shape index (κ1) is 84.2. The van der Waals surface area contributed by atoms with E-state index >= 15 is 0 Å². The Bertz CT molecular complexity index is 4640. The smallest absolute Gasteiger partial charge is 0.393 e. The van der Waals surface area contributed by atoms with E-state index in [1.807, 2.05) is 118 Å². The molecule has 5 aromatic carbocycles. The maximum Gasteiger partial charge on any atom is 0.501 e. The number of aliphatic hydroxyl groups is 1. The normalized spacial score (nSPS) is 22.4. The number of aromatic nitrogens is 1. The highest BCUT2D eigenvalue weighted by Crippen LogP contribution is 2.45. The van der Waals surface area contributed by atoms with Crippen molar-refractivity contribution in [2.24, 2.45) is 22.7 Å². The number of Topliss-reactive ketones (excluding diaryl/α,β-unsaturated/α-hetero) is 1. The summed E-state index contributed by atoms with van der Waals surface area (Å²) < 4.78 is 102. The Kier molecular flexibility index (Phi) is 26.5. The van der Waals surface area contributed by atoms with Crippen molar-refractivity contribution < 1.29 is 54.3 Å². The molecule has 610 valence electrons. The van der Waals surface area contributed by atoms with Crippen LogP contribution in [0.15, 0.2) is 141 Å². The van der Waals surface area contributed by atoms with E-state index < -0.39 is 82.2 Å². The molecule has 7 atom stereocenters. The lowest BCUT2D eigenvalue weighted by molar-refractivity contribution is -0.137. The molecular formula is C85H109ClF3N11O9S4. The van der Waals surface area contributed by atoms with Crippen molar-refractivity contribution >= 4 is 95.0 Å². The lowest BCUT2D eigenvalue weighted by atomic mass is 9.72. The molecule has 113 heavy (non-hydrogen) atoms. The summed E-state index contributed by atoms with van der Waals surface area (Å²) in [7, 11) is -11.1. The molecule has 1 saturated carbocycles. The number of hydrogen-bond acceptors (Lipinski definition) is 19. The molecule has 0 radical (unpaired) electrons. The van der Waals surface area contributed by atoms with E-state index in [0.717, 1.165) is 180 Å². The fourth-order valence-corrected chi connectivity index (χ4v) is 22.1. The summed E-state index contributed by atoms with van der Waals surface area (Å²) >= 11 is 9.31. The van der Waals surface area contributed by atoms with Gasteiger partial charge in [0.15, 0.2) is 5.78 Å². The number of halogens is 4. The molecule has 28 heteroatoms. The molecule has 0 spiro atoms. The Morgan fingerprint density at radius 3 is 2.07 bits per heavy atom. The largest absolute Gasteiger partial charge is 0.501 e. The molecule has 2 aliphatic carbocycles. The van der Waals surface area contributed by atoms with Crippen LogP contribution in [-0.2, 0) is 40.7 Å². The van der Waals surface area contributed by atoms with Gasteiger partial charge in [0.2, 0.25) is 11.8 Å². The predicted octanol–water partition coefficient (Wildman–Crippen LogP) is 13.2. The van der Waals surface area contributed by atoms with Crippen molar-refractivity contribution in [1.29, 1.82) is 0 Å². The summed E-state index contributed by atoms with van der Waals surface area (Å²) in [4.78, 5) is 75.1. The number of aryl methyl sites for hydroxylation is 2. The number of anilines is 2. The lowest BCUT2D eigenvalue weighted by Crippen LogP contribution is -2.56. The quantitative estimate of drug-likeness (QED) is 0.0317. The number of likely N-dealkylation sites (tertiary alicyclic amines) is 2. The molecule has 2 unspecified atom stereocenters. The number of sulfone groups is 1. The maximum absolute atomic E-state index is 14.8. The van der Waals surface area contributed by atoms with Crippen molar-refractivity contribution in [3.8, 4) is 10.4 Å². The number of nitrogens with zero attached hydrogens (tertiary/aromatic N) is 7. The minimum Gasteiger partial charge on any atom is -0.393 e. The van der Waals surface area contributed by atoms with Crippen LogP contribution < -0.4 is 25.6 Å². The standard InChI is InChI=1S/C85H109ClF3N11O9S4/c1-55(57-13-15-59(16-14-57)79-56(2)90-54-111-79)91-82(105)73-47-68(101)46-72(73)78(103)80(83(3,4)5)93-77(102)52-96-35-29-65(30-36-96)98-37-31-66(32-38-98)99-42-39-95(40-43-99)34-28-64(53-110-69-11-9-8-10-12-69)92-74-25-24-70(48-76(74)112(106,107)85(87,88)89)113(108,109)94-81(104)61-20-26-75-60(45-61)19-23-67-51-97(41-44-100(67)75)50-62-49-84(6,7)33-27-71(62)58-17-21-63(86)22-18-58/h8-18,20-22,24-26,45,48,54-55,64-68,72-73,80,92,101H,19,23,27-44,46-47,49-53H2,1-7H3,(H,91,105)(H,93,102)(H,94,104)/t55-,64+,67?,68-,72?,73+,80+/m0/s1. The number of amides is 3. The van der Waals surface area contributed by atoms with Gasteiger partial charge in [-0.1, -0.05) is 106 Å². The summed E-state index contributed by atoms with van der Waals surface area (Å²) in [5.41, 5.74) is 4.03. The van der Waals surface area contributed by atoms with Crippen LogP contribution in [0.4, 0.5) is 24.5 Å². The molecule has 6 aromatic rings. The van der Waals surface area contributed by atoms with E-state index in [-0.39, 0.29) is 60.0 Å². The highest BCUT2D eigenvalue weighted by Gasteiger charge is 2.50. The number of fused-ring (bicyclic) bond motifs is 3. The first-order valence-corrected chi connectivity index (χ1v) is 45.2. The highest BCUT2D eigenvalue weighted by atomic mass is 35.5. The minimum absolute atomic E-state index is 0.0417. The molecule has 6 heterocycles. The van der Waals surface area contributed by atoms with E-state index in [1.165, 1.54) is 28.5 Å². The van der Waals surface area contributed by atoms with Crippen LogP contribution in [0, 0.1) is 29.6 Å². The first-order valence-electron chi connectivity index (χ1n) is 40.0. The van der Waals surface area contributed by atoms with Crippen LogP contribution >= 0.6 is 34.7 Å². The average molecular weight is 1650 g/mol. The fraction of sp³-hybridized carbons (Fsp3) is 0.541. The predicted molar refractivity (Wildman–Crippen MR) is 441 cm³/mol. The van der Waals surface area contributed by atoms with Crippen LogP contribution in [0.1, 0.15) is 151 Å². The summed E-state index contributed by atoms with van der Waals surface area (Å²) in [6, 6.07) is 32.4. The summed E-state index contributed by atoms with van der Waals surface area (Å²) in [5, 5.41) is 20.9. The number of nitrogens with one attached hydrogen (secondary N) is 4. The van der Waals surface area contributed by atoms with Crippen molar-refractivity contribution in [3.05, 3.63) is 159 Å². The Hall–Kier alpha value is -6.76. The monoisotopic (exact) mass is 1650 g/mol. The number of hydrogen-bond donors (Lipinski definition) is 5. The van der Waals surface area contributed by atoms with Gasteiger partial charge in [0.05, 0.1) is 57.3 Å². The van der Waals surface area contributed by atoms with Gasteiger partial charge in [-0.05, 0) is 203 Å². The first-order chi connectivity index (χ1) is 53.7. The third kappa shape index (κ3) is 20.4. The summed E-state index contributed by atoms with van der Waals surface area (Å²) in [5.74, 6) is -2.95. The molecule has 5 N–H and O–H groups in total. The van der Waals surface area contributed by atoms with Gasteiger partial charge in [0, 0.05) is 129 Å². The second kappa shape index (κ2) is 35.6. The third-order valence-electron chi connectivity index (χ3n) is 24.5. The lowest BCUT2D eigenvalue weighted by Gasteiger charge is -2.47. The number of carbonyl (C=O) groups excluding carboxylic acids is 4. The number of thiazole rings is 1. The van der Waals surface area contributed by atoms with Gasteiger partial charge in [-0.15, -0.1) is 23.1 Å². The number of ketones is 1. The number of piperidine rings is 2. The van der Waals surface area contributed by atoms with Gasteiger partial charge in [-0.25, -0.2) is 26.5 Å². The summed E-state index contributed by atoms with van der Waals surface area (Å²) in [6.07, 6.45) is 8.30. The number of sulfonamides is 1. The Morgan fingerprint density at radius 1 is 0.735 bits per heavy atom. The molecule has 1 aromatic heterocycles. The van der Waals surface area contributed by atoms with Gasteiger partial charge in [-0.3, -0.25) is 33.9 Å². The molecular weight excluding hydrogens is 1540 g/mol. The third-order valence-corrected chi connectivity index (χ3v) is 29.8. The van der Waals surface area contributed by atoms with Gasteiger partial charge < -0.3 is 35.8 Å². The van der Waals surface area contributed by atoms with Gasteiger partial charge >= 0.3 is 5.51 Å². The van der Waals surface area contributed by atoms with Crippen molar-refractivity contribution in [2.75, 3.05) is 108 Å². The van der Waals surface area contributed by atoms with Crippen molar-refractivity contribution in [1.82, 2.24) is 44.8 Å². The van der Waals surface area contributed by atoms with Crippen LogP contribution in [-0.4, -0.2) is 214 Å². The van der Waals surface area contributed by atoms with Crippen LogP contribution in [0.3, 0.4) is 0 Å². The molecule has 7 aliphatic rings. The average Bonchev–Trinajstić information content (AvgIpc) is 1.27. The molecule has 13 rings (SSSR count). The Labute approximate surface area is 677 Å². The zero-order chi connectivity index (χ0) is 80.3. The zero-order valence-electron chi connectivity index (χ0n) is 65.8. The topological polar surface area (TPSA) is 237 Å². The highest BCUT2D eigenvalue weighted by molar-refractivity contribution is 7.99. The van der Waals surface area contributed by atoms with Gasteiger partial charge in [-0.2, -0.15) is 13.2 Å². The van der Waals surface area contributed by atoms with E-state index in [0.29, 0.717) is 48.3 Å².